The Hall–Kier alpha value is -1.63. The predicted octanol–water partition coefficient (Wildman–Crippen LogP) is 0.886. The smallest absolute Gasteiger partial charge is 0.228 e. The molecule has 1 aromatic rings. The van der Waals surface area contributed by atoms with Crippen LogP contribution in [0.3, 0.4) is 0 Å². The lowest BCUT2D eigenvalue weighted by atomic mass is 9.90. The van der Waals surface area contributed by atoms with Crippen molar-refractivity contribution < 1.29 is 14.3 Å². The van der Waals surface area contributed by atoms with Crippen LogP contribution in [-0.4, -0.2) is 45.2 Å². The number of methoxy groups -OCH3 is 1. The average molecular weight is 328 g/mol. The maximum absolute atomic E-state index is 12.3. The van der Waals surface area contributed by atoms with Crippen molar-refractivity contribution in [3.05, 3.63) is 29.8 Å². The van der Waals surface area contributed by atoms with Crippen LogP contribution in [0.15, 0.2) is 24.3 Å². The second-order valence-corrected chi connectivity index (χ2v) is 4.93. The summed E-state index contributed by atoms with van der Waals surface area (Å²) < 4.78 is 4.92. The molecular formula is C15H22ClN3O3. The van der Waals surface area contributed by atoms with Gasteiger partial charge in [-0.15, -0.1) is 12.4 Å². The van der Waals surface area contributed by atoms with Gasteiger partial charge in [0.1, 0.15) is 0 Å². The van der Waals surface area contributed by atoms with E-state index in [0.717, 1.165) is 17.8 Å². The lowest BCUT2D eigenvalue weighted by Gasteiger charge is -2.24. The summed E-state index contributed by atoms with van der Waals surface area (Å²) in [6.07, 6.45) is 0.194. The van der Waals surface area contributed by atoms with Gasteiger partial charge in [-0.1, -0.05) is 18.2 Å². The molecule has 6 nitrogen and oxygen atoms in total. The normalized spacial score (nSPS) is 16.2. The topological polar surface area (TPSA) is 79.5 Å². The monoisotopic (exact) mass is 327 g/mol. The van der Waals surface area contributed by atoms with Gasteiger partial charge in [0.25, 0.3) is 0 Å². The highest BCUT2D eigenvalue weighted by atomic mass is 35.5. The van der Waals surface area contributed by atoms with Gasteiger partial charge in [0, 0.05) is 38.9 Å². The Morgan fingerprint density at radius 1 is 1.32 bits per heavy atom. The van der Waals surface area contributed by atoms with E-state index in [1.54, 1.807) is 7.11 Å². The molecule has 1 unspecified atom stereocenters. The summed E-state index contributed by atoms with van der Waals surface area (Å²) in [5.41, 5.74) is 1.61. The van der Waals surface area contributed by atoms with Gasteiger partial charge in [-0.05, 0) is 11.6 Å². The first-order valence-electron chi connectivity index (χ1n) is 7.08. The zero-order chi connectivity index (χ0) is 15.1. The van der Waals surface area contributed by atoms with Crippen molar-refractivity contribution in [1.82, 2.24) is 10.6 Å². The number of rotatable bonds is 7. The molecular weight excluding hydrogens is 306 g/mol. The third-order valence-corrected chi connectivity index (χ3v) is 3.40. The van der Waals surface area contributed by atoms with Gasteiger partial charge < -0.3 is 20.7 Å². The molecule has 122 valence electrons. The van der Waals surface area contributed by atoms with E-state index < -0.39 is 5.92 Å². The van der Waals surface area contributed by atoms with E-state index in [9.17, 15) is 9.59 Å². The second kappa shape index (κ2) is 9.40. The summed E-state index contributed by atoms with van der Waals surface area (Å²) in [5, 5.41) is 8.81. The van der Waals surface area contributed by atoms with Crippen LogP contribution >= 0.6 is 12.4 Å². The van der Waals surface area contributed by atoms with Crippen molar-refractivity contribution >= 4 is 29.9 Å². The minimum absolute atomic E-state index is 0. The number of carbonyl (C=O) groups excluding carboxylic acids is 2. The number of amides is 2. The van der Waals surface area contributed by atoms with Gasteiger partial charge >= 0.3 is 0 Å². The van der Waals surface area contributed by atoms with Crippen molar-refractivity contribution in [3.63, 3.8) is 0 Å². The van der Waals surface area contributed by atoms with Gasteiger partial charge in [-0.3, -0.25) is 9.59 Å². The molecule has 0 saturated carbocycles. The molecule has 0 saturated heterocycles. The minimum atomic E-state index is -0.408. The van der Waals surface area contributed by atoms with Crippen molar-refractivity contribution in [2.24, 2.45) is 0 Å². The molecule has 1 aliphatic rings. The van der Waals surface area contributed by atoms with E-state index in [4.69, 9.17) is 4.74 Å². The van der Waals surface area contributed by atoms with Crippen LogP contribution in [0.2, 0.25) is 0 Å². The quantitative estimate of drug-likeness (QED) is 0.650. The van der Waals surface area contributed by atoms with E-state index in [0.29, 0.717) is 19.7 Å². The number of halogens is 1. The average Bonchev–Trinajstić information content (AvgIpc) is 2.49. The van der Waals surface area contributed by atoms with Crippen LogP contribution in [0.5, 0.6) is 0 Å². The molecule has 1 atom stereocenters. The third-order valence-electron chi connectivity index (χ3n) is 3.40. The van der Waals surface area contributed by atoms with E-state index in [1.807, 2.05) is 24.3 Å². The summed E-state index contributed by atoms with van der Waals surface area (Å²) in [5.74, 6) is -0.633. The van der Waals surface area contributed by atoms with Crippen LogP contribution in [0, 0.1) is 0 Å². The first-order valence-corrected chi connectivity index (χ1v) is 7.08. The second-order valence-electron chi connectivity index (χ2n) is 4.93. The molecule has 22 heavy (non-hydrogen) atoms. The number of carbonyl (C=O) groups is 2. The molecule has 7 heteroatoms. The predicted molar refractivity (Wildman–Crippen MR) is 87.4 cm³/mol. The molecule has 0 spiro atoms. The van der Waals surface area contributed by atoms with Crippen LogP contribution in [-0.2, 0) is 14.3 Å². The largest absolute Gasteiger partial charge is 0.383 e. The van der Waals surface area contributed by atoms with E-state index in [-0.39, 0.29) is 30.6 Å². The van der Waals surface area contributed by atoms with Gasteiger partial charge in [0.05, 0.1) is 12.5 Å². The molecule has 0 bridgehead atoms. The van der Waals surface area contributed by atoms with Gasteiger partial charge in [0.15, 0.2) is 0 Å². The van der Waals surface area contributed by atoms with Crippen LogP contribution in [0.1, 0.15) is 17.9 Å². The summed E-state index contributed by atoms with van der Waals surface area (Å²) >= 11 is 0. The molecule has 1 heterocycles. The van der Waals surface area contributed by atoms with Crippen molar-refractivity contribution in [2.75, 3.05) is 38.7 Å². The Morgan fingerprint density at radius 2 is 2.09 bits per heavy atom. The first kappa shape index (κ1) is 18.4. The number of anilines is 1. The molecule has 0 fully saturated rings. The fourth-order valence-electron chi connectivity index (χ4n) is 2.34. The van der Waals surface area contributed by atoms with Crippen molar-refractivity contribution in [1.29, 1.82) is 0 Å². The van der Waals surface area contributed by atoms with Gasteiger partial charge in [-0.2, -0.15) is 0 Å². The van der Waals surface area contributed by atoms with E-state index in [1.165, 1.54) is 0 Å². The summed E-state index contributed by atoms with van der Waals surface area (Å²) in [6.45, 7) is 2.60. The molecule has 2 rings (SSSR count). The highest BCUT2D eigenvalue weighted by Gasteiger charge is 2.29. The Kier molecular flexibility index (Phi) is 7.87. The van der Waals surface area contributed by atoms with Crippen molar-refractivity contribution in [3.8, 4) is 0 Å². The number of ether oxygens (including phenoxy) is 1. The lowest BCUT2D eigenvalue weighted by molar-refractivity contribution is -0.126. The lowest BCUT2D eigenvalue weighted by Crippen LogP contribution is -2.38. The maximum atomic E-state index is 12.3. The Balaban J connectivity index is 0.00000242. The highest BCUT2D eigenvalue weighted by molar-refractivity contribution is 6.01. The number of fused-ring (bicyclic) bond motifs is 1. The van der Waals surface area contributed by atoms with Gasteiger partial charge in [0.2, 0.25) is 11.8 Å². The molecule has 2 amide bonds. The third kappa shape index (κ3) is 4.98. The first-order chi connectivity index (χ1) is 10.2. The van der Waals surface area contributed by atoms with Crippen LogP contribution in [0.4, 0.5) is 5.69 Å². The van der Waals surface area contributed by atoms with Crippen LogP contribution < -0.4 is 16.0 Å². The van der Waals surface area contributed by atoms with Crippen molar-refractivity contribution in [2.45, 2.75) is 12.3 Å². The summed E-state index contributed by atoms with van der Waals surface area (Å²) in [7, 11) is 1.65. The maximum Gasteiger partial charge on any atom is 0.228 e. The molecule has 1 aliphatic heterocycles. The fraction of sp³-hybridized carbons (Fsp3) is 0.467. The molecule has 3 N–H and O–H groups in total. The van der Waals surface area contributed by atoms with Gasteiger partial charge in [-0.25, -0.2) is 0 Å². The minimum Gasteiger partial charge on any atom is -0.383 e. The molecule has 1 aromatic carbocycles. The highest BCUT2D eigenvalue weighted by Crippen LogP contribution is 2.31. The number of nitrogens with one attached hydrogen (secondary N) is 3. The Labute approximate surface area is 136 Å². The number of hydrogen-bond donors (Lipinski definition) is 3. The number of benzene rings is 1. The SMILES string of the molecule is COCCNCCNC(=O)C1CC(=O)Nc2ccccc21.Cl. The zero-order valence-electron chi connectivity index (χ0n) is 12.6. The van der Waals surface area contributed by atoms with E-state index in [2.05, 4.69) is 16.0 Å². The summed E-state index contributed by atoms with van der Waals surface area (Å²) in [4.78, 5) is 23.9. The molecule has 0 radical (unpaired) electrons. The molecule has 0 aliphatic carbocycles. The Morgan fingerprint density at radius 3 is 2.86 bits per heavy atom. The molecule has 0 aromatic heterocycles. The fourth-order valence-corrected chi connectivity index (χ4v) is 2.34. The van der Waals surface area contributed by atoms with Crippen LogP contribution in [0.25, 0.3) is 0 Å². The Bertz CT molecular complexity index is 511. The standard InChI is InChI=1S/C15H21N3O3.ClH/c1-21-9-8-16-6-7-17-15(20)12-10-14(19)18-13-5-3-2-4-11(12)13;/h2-5,12,16H,6-10H2,1H3,(H,17,20)(H,18,19);1H. The number of hydrogen-bond acceptors (Lipinski definition) is 4. The van der Waals surface area contributed by atoms with E-state index >= 15 is 0 Å². The summed E-state index contributed by atoms with van der Waals surface area (Å²) in [6, 6.07) is 7.43. The number of para-hydroxylation sites is 1. The zero-order valence-corrected chi connectivity index (χ0v) is 13.4.